The molecule has 2 unspecified atom stereocenters. The van der Waals surface area contributed by atoms with Crippen molar-refractivity contribution in [3.05, 3.63) is 28.2 Å². The fourth-order valence-corrected chi connectivity index (χ4v) is 2.70. The van der Waals surface area contributed by atoms with Gasteiger partial charge in [-0.3, -0.25) is 9.59 Å². The third kappa shape index (κ3) is 3.50. The lowest BCUT2D eigenvalue weighted by molar-refractivity contribution is 0.0480. The summed E-state index contributed by atoms with van der Waals surface area (Å²) in [5, 5.41) is 13.5. The van der Waals surface area contributed by atoms with Gasteiger partial charge in [-0.2, -0.15) is 5.10 Å². The lowest BCUT2D eigenvalue weighted by atomic mass is 9.94. The maximum absolute atomic E-state index is 12.6. The standard InChI is InChI=1S/C15H23N3O3/c1-3-8-18-14(20)7-6-13(16-18)15(21)17-9-12(10-19)5-4-11(17)2/h6-7,11-12,19H,3-5,8-10H2,1-2H3. The predicted octanol–water partition coefficient (Wildman–Crippen LogP) is 0.886. The van der Waals surface area contributed by atoms with Crippen molar-refractivity contribution in [2.45, 2.75) is 45.7 Å². The van der Waals surface area contributed by atoms with Crippen molar-refractivity contribution in [1.29, 1.82) is 0 Å². The van der Waals surface area contributed by atoms with E-state index in [1.165, 1.54) is 16.8 Å². The number of hydrogen-bond donors (Lipinski definition) is 1. The molecule has 21 heavy (non-hydrogen) atoms. The first-order valence-corrected chi connectivity index (χ1v) is 7.56. The Bertz CT molecular complexity index is 555. The smallest absolute Gasteiger partial charge is 0.274 e. The van der Waals surface area contributed by atoms with Crippen molar-refractivity contribution in [1.82, 2.24) is 14.7 Å². The lowest BCUT2D eigenvalue weighted by Crippen LogP contribution is -2.47. The van der Waals surface area contributed by atoms with Crippen molar-refractivity contribution in [3.63, 3.8) is 0 Å². The van der Waals surface area contributed by atoms with E-state index in [1.807, 2.05) is 13.8 Å². The minimum atomic E-state index is -0.187. The highest BCUT2D eigenvalue weighted by Crippen LogP contribution is 2.22. The topological polar surface area (TPSA) is 75.4 Å². The van der Waals surface area contributed by atoms with E-state index in [9.17, 15) is 14.7 Å². The quantitative estimate of drug-likeness (QED) is 0.894. The largest absolute Gasteiger partial charge is 0.396 e. The number of carbonyl (C=O) groups excluding carboxylic acids is 1. The van der Waals surface area contributed by atoms with Crippen molar-refractivity contribution < 1.29 is 9.90 Å². The van der Waals surface area contributed by atoms with Gasteiger partial charge in [0, 0.05) is 31.8 Å². The summed E-state index contributed by atoms with van der Waals surface area (Å²) in [6.07, 6.45) is 2.60. The monoisotopic (exact) mass is 293 g/mol. The van der Waals surface area contributed by atoms with Crippen LogP contribution >= 0.6 is 0 Å². The van der Waals surface area contributed by atoms with Crippen LogP contribution in [-0.2, 0) is 6.54 Å². The summed E-state index contributed by atoms with van der Waals surface area (Å²) in [7, 11) is 0. The molecule has 6 nitrogen and oxygen atoms in total. The second kappa shape index (κ2) is 6.85. The molecule has 0 radical (unpaired) electrons. The van der Waals surface area contributed by atoms with Crippen LogP contribution in [0.4, 0.5) is 0 Å². The SMILES string of the molecule is CCCn1nc(C(=O)N2CC(CO)CCC2C)ccc1=O. The molecule has 1 aromatic heterocycles. The van der Waals surface area contributed by atoms with Crippen LogP contribution < -0.4 is 5.56 Å². The van der Waals surface area contributed by atoms with Gasteiger partial charge in [0.25, 0.3) is 11.5 Å². The molecule has 116 valence electrons. The highest BCUT2D eigenvalue weighted by atomic mass is 16.3. The maximum atomic E-state index is 12.6. The van der Waals surface area contributed by atoms with Gasteiger partial charge in [0.15, 0.2) is 0 Å². The summed E-state index contributed by atoms with van der Waals surface area (Å²) in [4.78, 5) is 26.0. The average molecular weight is 293 g/mol. The van der Waals surface area contributed by atoms with Crippen molar-refractivity contribution >= 4 is 5.91 Å². The molecule has 1 fully saturated rings. The van der Waals surface area contributed by atoms with Crippen LogP contribution in [0.15, 0.2) is 16.9 Å². The first kappa shape index (κ1) is 15.7. The zero-order valence-electron chi connectivity index (χ0n) is 12.7. The van der Waals surface area contributed by atoms with E-state index < -0.39 is 0 Å². The number of rotatable bonds is 4. The average Bonchev–Trinajstić information content (AvgIpc) is 2.49. The molecule has 0 saturated carbocycles. The zero-order valence-corrected chi connectivity index (χ0v) is 12.7. The van der Waals surface area contributed by atoms with Crippen LogP contribution in [0.1, 0.15) is 43.6 Å². The molecule has 2 heterocycles. The summed E-state index contributed by atoms with van der Waals surface area (Å²) in [6.45, 7) is 5.12. The molecule has 2 atom stereocenters. The zero-order chi connectivity index (χ0) is 15.4. The Morgan fingerprint density at radius 1 is 1.43 bits per heavy atom. The molecule has 1 aromatic rings. The molecular formula is C15H23N3O3. The van der Waals surface area contributed by atoms with Gasteiger partial charge in [-0.25, -0.2) is 4.68 Å². The Balaban J connectivity index is 2.22. The Kier molecular flexibility index (Phi) is 5.12. The number of carbonyl (C=O) groups is 1. The second-order valence-electron chi connectivity index (χ2n) is 5.71. The molecule has 1 saturated heterocycles. The first-order chi connectivity index (χ1) is 10.1. The minimum Gasteiger partial charge on any atom is -0.396 e. The highest BCUT2D eigenvalue weighted by Gasteiger charge is 2.30. The summed E-state index contributed by atoms with van der Waals surface area (Å²) in [5.41, 5.74) is 0.113. The third-order valence-corrected chi connectivity index (χ3v) is 4.02. The fraction of sp³-hybridized carbons (Fsp3) is 0.667. The van der Waals surface area contributed by atoms with Crippen LogP contribution in [0.2, 0.25) is 0 Å². The van der Waals surface area contributed by atoms with E-state index in [4.69, 9.17) is 0 Å². The van der Waals surface area contributed by atoms with E-state index in [0.717, 1.165) is 19.3 Å². The van der Waals surface area contributed by atoms with Gasteiger partial charge in [0.1, 0.15) is 5.69 Å². The highest BCUT2D eigenvalue weighted by molar-refractivity contribution is 5.92. The van der Waals surface area contributed by atoms with Crippen molar-refractivity contribution in [2.75, 3.05) is 13.2 Å². The molecule has 1 amide bonds. The lowest BCUT2D eigenvalue weighted by Gasteiger charge is -2.37. The van der Waals surface area contributed by atoms with E-state index in [2.05, 4.69) is 5.10 Å². The van der Waals surface area contributed by atoms with Crippen LogP contribution in [0.5, 0.6) is 0 Å². The van der Waals surface area contributed by atoms with Gasteiger partial charge in [-0.15, -0.1) is 0 Å². The van der Waals surface area contributed by atoms with Gasteiger partial charge in [0.2, 0.25) is 0 Å². The molecule has 6 heteroatoms. The Labute approximate surface area is 124 Å². The van der Waals surface area contributed by atoms with Crippen LogP contribution in [0, 0.1) is 5.92 Å². The van der Waals surface area contributed by atoms with E-state index >= 15 is 0 Å². The minimum absolute atomic E-state index is 0.0965. The van der Waals surface area contributed by atoms with Gasteiger partial charge in [-0.05, 0) is 38.2 Å². The Morgan fingerprint density at radius 2 is 2.19 bits per heavy atom. The molecule has 1 aliphatic heterocycles. The van der Waals surface area contributed by atoms with Crippen molar-refractivity contribution in [2.24, 2.45) is 5.92 Å². The molecule has 0 spiro atoms. The normalized spacial score (nSPS) is 22.3. The molecule has 0 aromatic carbocycles. The number of likely N-dealkylation sites (tertiary alicyclic amines) is 1. The van der Waals surface area contributed by atoms with Gasteiger partial charge in [-0.1, -0.05) is 6.92 Å². The summed E-state index contributed by atoms with van der Waals surface area (Å²) < 4.78 is 1.34. The molecule has 0 bridgehead atoms. The number of amides is 1. The van der Waals surface area contributed by atoms with E-state index in [0.29, 0.717) is 18.8 Å². The van der Waals surface area contributed by atoms with Crippen LogP contribution in [0.25, 0.3) is 0 Å². The number of nitrogens with zero attached hydrogens (tertiary/aromatic N) is 3. The molecule has 1 aliphatic rings. The summed E-state index contributed by atoms with van der Waals surface area (Å²) in [5.74, 6) is -0.0304. The third-order valence-electron chi connectivity index (χ3n) is 4.02. The molecule has 2 rings (SSSR count). The Hall–Kier alpha value is -1.69. The van der Waals surface area contributed by atoms with E-state index in [1.54, 1.807) is 4.90 Å². The number of aliphatic hydroxyl groups is 1. The maximum Gasteiger partial charge on any atom is 0.274 e. The van der Waals surface area contributed by atoms with Crippen molar-refractivity contribution in [3.8, 4) is 0 Å². The number of aryl methyl sites for hydroxylation is 1. The van der Waals surface area contributed by atoms with Gasteiger partial charge < -0.3 is 10.0 Å². The van der Waals surface area contributed by atoms with Crippen LogP contribution in [0.3, 0.4) is 0 Å². The number of hydrogen-bond acceptors (Lipinski definition) is 4. The number of aliphatic hydroxyl groups excluding tert-OH is 1. The van der Waals surface area contributed by atoms with Gasteiger partial charge >= 0.3 is 0 Å². The molecular weight excluding hydrogens is 270 g/mol. The summed E-state index contributed by atoms with van der Waals surface area (Å²) in [6, 6.07) is 3.02. The molecule has 1 N–H and O–H groups in total. The van der Waals surface area contributed by atoms with Crippen LogP contribution in [-0.4, -0.2) is 44.9 Å². The number of piperidine rings is 1. The molecule has 0 aliphatic carbocycles. The first-order valence-electron chi connectivity index (χ1n) is 7.56. The van der Waals surface area contributed by atoms with E-state index in [-0.39, 0.29) is 30.0 Å². The number of aromatic nitrogens is 2. The Morgan fingerprint density at radius 3 is 2.86 bits per heavy atom. The summed E-state index contributed by atoms with van der Waals surface area (Å²) >= 11 is 0. The fourth-order valence-electron chi connectivity index (χ4n) is 2.70. The second-order valence-corrected chi connectivity index (χ2v) is 5.71. The van der Waals surface area contributed by atoms with Gasteiger partial charge in [0.05, 0.1) is 0 Å². The predicted molar refractivity (Wildman–Crippen MR) is 79.1 cm³/mol.